The van der Waals surface area contributed by atoms with E-state index in [1.807, 2.05) is 11.9 Å². The number of nitrogens with zero attached hydrogens (tertiary/aromatic N) is 2. The molecular weight excluding hydrogens is 190 g/mol. The summed E-state index contributed by atoms with van der Waals surface area (Å²) in [4.78, 5) is 16.2. The molecule has 1 fully saturated rings. The van der Waals surface area contributed by atoms with E-state index >= 15 is 0 Å². The van der Waals surface area contributed by atoms with E-state index in [-0.39, 0.29) is 18.0 Å². The molecule has 15 heavy (non-hydrogen) atoms. The van der Waals surface area contributed by atoms with Crippen LogP contribution in [0.2, 0.25) is 0 Å². The summed E-state index contributed by atoms with van der Waals surface area (Å²) in [6, 6.07) is 0.123. The van der Waals surface area contributed by atoms with E-state index in [2.05, 4.69) is 25.7 Å². The molecule has 1 rings (SSSR count). The van der Waals surface area contributed by atoms with Crippen LogP contribution < -0.4 is 5.73 Å². The summed E-state index contributed by atoms with van der Waals surface area (Å²) in [6.45, 7) is 8.49. The van der Waals surface area contributed by atoms with Crippen molar-refractivity contribution in [2.75, 3.05) is 26.7 Å². The van der Waals surface area contributed by atoms with E-state index in [0.29, 0.717) is 12.5 Å². The summed E-state index contributed by atoms with van der Waals surface area (Å²) in [5.74, 6) is 0.692. The van der Waals surface area contributed by atoms with Gasteiger partial charge >= 0.3 is 0 Å². The minimum Gasteiger partial charge on any atom is -0.339 e. The van der Waals surface area contributed by atoms with Crippen LogP contribution in [0.15, 0.2) is 0 Å². The minimum atomic E-state index is -0.141. The maximum Gasteiger partial charge on any atom is 0.241 e. The Bertz CT molecular complexity index is 230. The van der Waals surface area contributed by atoms with Crippen LogP contribution in [0.1, 0.15) is 20.8 Å². The van der Waals surface area contributed by atoms with Crippen molar-refractivity contribution in [1.82, 2.24) is 9.80 Å². The van der Waals surface area contributed by atoms with Crippen LogP contribution >= 0.6 is 0 Å². The number of hydrogen-bond acceptors (Lipinski definition) is 3. The number of rotatable bonds is 2. The highest BCUT2D eigenvalue weighted by Gasteiger charge is 2.33. The zero-order chi connectivity index (χ0) is 11.6. The summed E-state index contributed by atoms with van der Waals surface area (Å²) in [5, 5.41) is 0. The Kier molecular flexibility index (Phi) is 4.11. The van der Waals surface area contributed by atoms with Crippen molar-refractivity contribution in [3.05, 3.63) is 0 Å². The highest BCUT2D eigenvalue weighted by Crippen LogP contribution is 2.15. The van der Waals surface area contributed by atoms with Gasteiger partial charge in [-0.1, -0.05) is 6.92 Å². The Morgan fingerprint density at radius 1 is 1.47 bits per heavy atom. The van der Waals surface area contributed by atoms with Gasteiger partial charge in [0.05, 0.1) is 0 Å². The quantitative estimate of drug-likeness (QED) is 0.709. The van der Waals surface area contributed by atoms with Crippen LogP contribution in [0.4, 0.5) is 0 Å². The van der Waals surface area contributed by atoms with Crippen LogP contribution in [-0.4, -0.2) is 54.5 Å². The maximum atomic E-state index is 12.2. The van der Waals surface area contributed by atoms with E-state index in [4.69, 9.17) is 5.73 Å². The Morgan fingerprint density at radius 2 is 2.07 bits per heavy atom. The summed E-state index contributed by atoms with van der Waals surface area (Å²) < 4.78 is 0. The third-order valence-corrected chi connectivity index (χ3v) is 3.05. The second kappa shape index (κ2) is 4.94. The molecule has 2 N–H and O–H groups in total. The van der Waals surface area contributed by atoms with E-state index in [1.54, 1.807) is 0 Å². The molecule has 2 unspecified atom stereocenters. The summed E-state index contributed by atoms with van der Waals surface area (Å²) in [5.41, 5.74) is 5.67. The molecule has 1 aliphatic rings. The first-order valence-corrected chi connectivity index (χ1v) is 5.68. The predicted molar refractivity (Wildman–Crippen MR) is 61.5 cm³/mol. The normalized spacial score (nSPS) is 29.7. The van der Waals surface area contributed by atoms with Crippen LogP contribution in [0.5, 0.6) is 0 Å². The molecule has 0 aromatic rings. The molecule has 0 saturated carbocycles. The average Bonchev–Trinajstić information content (AvgIpc) is 2.23. The standard InChI is InChI=1S/C11H23N3O/c1-8(2)14-7-9(3)6-13(4)10(5-12)11(14)15/h8-10H,5-7,12H2,1-4H3. The van der Waals surface area contributed by atoms with Gasteiger partial charge in [-0.15, -0.1) is 0 Å². The van der Waals surface area contributed by atoms with E-state index in [1.165, 1.54) is 0 Å². The van der Waals surface area contributed by atoms with E-state index < -0.39 is 0 Å². The number of amides is 1. The highest BCUT2D eigenvalue weighted by atomic mass is 16.2. The molecule has 0 spiro atoms. The van der Waals surface area contributed by atoms with Gasteiger partial charge in [0.1, 0.15) is 6.04 Å². The second-order valence-corrected chi connectivity index (χ2v) is 4.88. The second-order valence-electron chi connectivity index (χ2n) is 4.88. The SMILES string of the molecule is CC1CN(C)C(CN)C(=O)N(C(C)C)C1. The van der Waals surface area contributed by atoms with Crippen molar-refractivity contribution < 1.29 is 4.79 Å². The first-order chi connectivity index (χ1) is 6.97. The molecule has 1 saturated heterocycles. The van der Waals surface area contributed by atoms with Gasteiger partial charge in [0, 0.05) is 25.7 Å². The molecule has 0 aromatic carbocycles. The van der Waals surface area contributed by atoms with Gasteiger partial charge in [0.25, 0.3) is 0 Å². The van der Waals surface area contributed by atoms with Gasteiger partial charge in [-0.25, -0.2) is 0 Å². The molecule has 4 heteroatoms. The third-order valence-electron chi connectivity index (χ3n) is 3.05. The zero-order valence-electron chi connectivity index (χ0n) is 10.2. The zero-order valence-corrected chi connectivity index (χ0v) is 10.2. The lowest BCUT2D eigenvalue weighted by atomic mass is 10.1. The van der Waals surface area contributed by atoms with Crippen molar-refractivity contribution in [2.24, 2.45) is 11.7 Å². The monoisotopic (exact) mass is 213 g/mol. The van der Waals surface area contributed by atoms with Crippen molar-refractivity contribution in [3.63, 3.8) is 0 Å². The highest BCUT2D eigenvalue weighted by molar-refractivity contribution is 5.82. The fourth-order valence-electron chi connectivity index (χ4n) is 2.23. The molecule has 0 aromatic heterocycles. The van der Waals surface area contributed by atoms with Gasteiger partial charge < -0.3 is 10.6 Å². The molecular formula is C11H23N3O. The maximum absolute atomic E-state index is 12.2. The summed E-state index contributed by atoms with van der Waals surface area (Å²) >= 11 is 0. The molecule has 0 bridgehead atoms. The summed E-state index contributed by atoms with van der Waals surface area (Å²) in [6.07, 6.45) is 0. The van der Waals surface area contributed by atoms with Crippen LogP contribution in [0, 0.1) is 5.92 Å². The number of hydrogen-bond donors (Lipinski definition) is 1. The molecule has 4 nitrogen and oxygen atoms in total. The molecule has 1 heterocycles. The molecule has 1 amide bonds. The van der Waals surface area contributed by atoms with Crippen molar-refractivity contribution in [2.45, 2.75) is 32.9 Å². The average molecular weight is 213 g/mol. The topological polar surface area (TPSA) is 49.6 Å². The van der Waals surface area contributed by atoms with Crippen molar-refractivity contribution in [3.8, 4) is 0 Å². The van der Waals surface area contributed by atoms with Crippen LogP contribution in [0.3, 0.4) is 0 Å². The molecule has 0 radical (unpaired) electrons. The number of likely N-dealkylation sites (N-methyl/N-ethyl adjacent to an activating group) is 1. The van der Waals surface area contributed by atoms with Gasteiger partial charge in [0.15, 0.2) is 0 Å². The molecule has 1 aliphatic heterocycles. The molecule has 88 valence electrons. The predicted octanol–water partition coefficient (Wildman–Crippen LogP) is 0.132. The Hall–Kier alpha value is -0.610. The van der Waals surface area contributed by atoms with Gasteiger partial charge in [-0.3, -0.25) is 9.69 Å². The van der Waals surface area contributed by atoms with E-state index in [0.717, 1.165) is 13.1 Å². The molecule has 2 atom stereocenters. The number of nitrogens with two attached hydrogens (primary N) is 1. The fourth-order valence-corrected chi connectivity index (χ4v) is 2.23. The van der Waals surface area contributed by atoms with Gasteiger partial charge in [-0.2, -0.15) is 0 Å². The van der Waals surface area contributed by atoms with Gasteiger partial charge in [-0.05, 0) is 26.8 Å². The number of carbonyl (C=O) groups excluding carboxylic acids is 1. The fraction of sp³-hybridized carbons (Fsp3) is 0.909. The summed E-state index contributed by atoms with van der Waals surface area (Å²) in [7, 11) is 1.98. The minimum absolute atomic E-state index is 0.141. The Labute approximate surface area is 92.4 Å². The lowest BCUT2D eigenvalue weighted by Gasteiger charge is -2.29. The van der Waals surface area contributed by atoms with Crippen LogP contribution in [0.25, 0.3) is 0 Å². The largest absolute Gasteiger partial charge is 0.339 e. The smallest absolute Gasteiger partial charge is 0.241 e. The first-order valence-electron chi connectivity index (χ1n) is 5.68. The van der Waals surface area contributed by atoms with Crippen molar-refractivity contribution in [1.29, 1.82) is 0 Å². The Balaban J connectivity index is 2.87. The third kappa shape index (κ3) is 2.69. The first kappa shape index (κ1) is 12.5. The lowest BCUT2D eigenvalue weighted by Crippen LogP contribution is -2.50. The number of carbonyl (C=O) groups is 1. The van der Waals surface area contributed by atoms with Crippen LogP contribution in [-0.2, 0) is 4.79 Å². The van der Waals surface area contributed by atoms with Crippen molar-refractivity contribution >= 4 is 5.91 Å². The molecule has 0 aliphatic carbocycles. The van der Waals surface area contributed by atoms with Gasteiger partial charge in [0.2, 0.25) is 5.91 Å². The van der Waals surface area contributed by atoms with E-state index in [9.17, 15) is 4.79 Å². The lowest BCUT2D eigenvalue weighted by molar-refractivity contribution is -0.136. The Morgan fingerprint density at radius 3 is 2.53 bits per heavy atom.